The third kappa shape index (κ3) is 7.70. The number of carboxylic acid groups (broad SMARTS) is 1. The number of benzene rings is 3. The molecule has 0 radical (unpaired) electrons. The minimum atomic E-state index is -0.788. The highest BCUT2D eigenvalue weighted by molar-refractivity contribution is 6.30. The van der Waals surface area contributed by atoms with E-state index in [-0.39, 0.29) is 12.5 Å². The first-order valence-electron chi connectivity index (χ1n) is 11.5. The van der Waals surface area contributed by atoms with Crippen LogP contribution in [0.3, 0.4) is 0 Å². The lowest BCUT2D eigenvalue weighted by molar-refractivity contribution is -0.136. The third-order valence-electron chi connectivity index (χ3n) is 5.41. The molecule has 0 aromatic heterocycles. The van der Waals surface area contributed by atoms with Crippen LogP contribution in [0.2, 0.25) is 5.02 Å². The molecule has 1 N–H and O–H groups in total. The molecular formula is C28H31ClO5. The fourth-order valence-corrected chi connectivity index (χ4v) is 3.75. The van der Waals surface area contributed by atoms with Gasteiger partial charge >= 0.3 is 5.97 Å². The maximum atomic E-state index is 10.9. The molecule has 0 saturated carbocycles. The molecule has 3 aromatic carbocycles. The molecule has 0 aliphatic rings. The SMILES string of the molecule is CCc1cc(OCC[C@@H](C)Oc2ccc(Cl)cc2Oc2cccc(C)c2)ccc1CCC(=O)O. The number of carboxylic acids is 1. The second-order valence-electron chi connectivity index (χ2n) is 8.25. The zero-order valence-corrected chi connectivity index (χ0v) is 20.6. The fourth-order valence-electron chi connectivity index (χ4n) is 3.59. The Kier molecular flexibility index (Phi) is 9.23. The standard InChI is InChI=1S/C28H31ClO5/c1-4-21-17-24(11-8-22(21)9-13-28(30)31)32-15-14-20(3)33-26-12-10-23(29)18-27(26)34-25-7-5-6-19(2)16-25/h5-8,10-12,16-18,20H,4,9,13-15H2,1-3H3,(H,30,31)/t20-/m1/s1. The van der Waals surface area contributed by atoms with E-state index in [0.717, 1.165) is 34.6 Å². The third-order valence-corrected chi connectivity index (χ3v) is 5.65. The van der Waals surface area contributed by atoms with Crippen LogP contribution in [-0.2, 0) is 17.6 Å². The van der Waals surface area contributed by atoms with Gasteiger partial charge in [-0.15, -0.1) is 0 Å². The Bertz CT molecular complexity index is 1110. The second kappa shape index (κ2) is 12.3. The Hall–Kier alpha value is -3.18. The van der Waals surface area contributed by atoms with Crippen molar-refractivity contribution in [3.63, 3.8) is 0 Å². The van der Waals surface area contributed by atoms with E-state index >= 15 is 0 Å². The number of rotatable bonds is 12. The maximum Gasteiger partial charge on any atom is 0.303 e. The summed E-state index contributed by atoms with van der Waals surface area (Å²) < 4.78 is 18.1. The van der Waals surface area contributed by atoms with Crippen LogP contribution in [0.1, 0.15) is 43.4 Å². The van der Waals surface area contributed by atoms with Gasteiger partial charge in [-0.2, -0.15) is 0 Å². The normalized spacial score (nSPS) is 11.6. The number of aryl methyl sites for hydroxylation is 3. The van der Waals surface area contributed by atoms with Crippen molar-refractivity contribution < 1.29 is 24.1 Å². The van der Waals surface area contributed by atoms with Crippen LogP contribution in [0.4, 0.5) is 0 Å². The predicted molar refractivity (Wildman–Crippen MR) is 135 cm³/mol. The van der Waals surface area contributed by atoms with E-state index < -0.39 is 5.97 Å². The van der Waals surface area contributed by atoms with Gasteiger partial charge in [0, 0.05) is 23.9 Å². The van der Waals surface area contributed by atoms with Gasteiger partial charge in [-0.3, -0.25) is 4.79 Å². The average molecular weight is 483 g/mol. The van der Waals surface area contributed by atoms with Gasteiger partial charge in [0.15, 0.2) is 11.5 Å². The summed E-state index contributed by atoms with van der Waals surface area (Å²) in [5.74, 6) is 1.90. The maximum absolute atomic E-state index is 10.9. The quantitative estimate of drug-likeness (QED) is 0.294. The van der Waals surface area contributed by atoms with Gasteiger partial charge in [0.2, 0.25) is 0 Å². The molecule has 1 atom stereocenters. The smallest absolute Gasteiger partial charge is 0.303 e. The monoisotopic (exact) mass is 482 g/mol. The molecule has 0 heterocycles. The van der Waals surface area contributed by atoms with Crippen LogP contribution >= 0.6 is 11.6 Å². The van der Waals surface area contributed by atoms with Crippen LogP contribution in [0.15, 0.2) is 60.7 Å². The first kappa shape index (κ1) is 25.4. The van der Waals surface area contributed by atoms with Crippen molar-refractivity contribution in [3.8, 4) is 23.0 Å². The summed E-state index contributed by atoms with van der Waals surface area (Å²) in [6.07, 6.45) is 2.04. The van der Waals surface area contributed by atoms with E-state index in [1.165, 1.54) is 0 Å². The minimum Gasteiger partial charge on any atom is -0.493 e. The molecule has 0 amide bonds. The van der Waals surface area contributed by atoms with Crippen LogP contribution in [-0.4, -0.2) is 23.8 Å². The molecule has 0 bridgehead atoms. The average Bonchev–Trinajstić information content (AvgIpc) is 2.80. The highest BCUT2D eigenvalue weighted by atomic mass is 35.5. The van der Waals surface area contributed by atoms with E-state index in [0.29, 0.717) is 36.0 Å². The van der Waals surface area contributed by atoms with Crippen molar-refractivity contribution in [3.05, 3.63) is 82.4 Å². The molecule has 3 rings (SSSR count). The molecule has 0 spiro atoms. The summed E-state index contributed by atoms with van der Waals surface area (Å²) in [5, 5.41) is 9.50. The summed E-state index contributed by atoms with van der Waals surface area (Å²) in [5.41, 5.74) is 3.27. The zero-order chi connectivity index (χ0) is 24.5. The van der Waals surface area contributed by atoms with Gasteiger partial charge in [0.25, 0.3) is 0 Å². The minimum absolute atomic E-state index is 0.110. The highest BCUT2D eigenvalue weighted by Crippen LogP contribution is 2.35. The molecule has 6 heteroatoms. The molecule has 5 nitrogen and oxygen atoms in total. The predicted octanol–water partition coefficient (Wildman–Crippen LogP) is 7.26. The summed E-state index contributed by atoms with van der Waals surface area (Å²) in [4.78, 5) is 10.9. The molecule has 0 aliphatic heterocycles. The Balaban J connectivity index is 1.57. The van der Waals surface area contributed by atoms with Crippen molar-refractivity contribution in [1.29, 1.82) is 0 Å². The number of hydrogen-bond acceptors (Lipinski definition) is 4. The van der Waals surface area contributed by atoms with Crippen LogP contribution in [0, 0.1) is 6.92 Å². The van der Waals surface area contributed by atoms with Gasteiger partial charge in [-0.1, -0.05) is 36.7 Å². The number of halogens is 1. The molecule has 180 valence electrons. The highest BCUT2D eigenvalue weighted by Gasteiger charge is 2.13. The van der Waals surface area contributed by atoms with Crippen molar-refractivity contribution in [2.24, 2.45) is 0 Å². The molecular weight excluding hydrogens is 452 g/mol. The van der Waals surface area contributed by atoms with Crippen molar-refractivity contribution in [2.75, 3.05) is 6.61 Å². The largest absolute Gasteiger partial charge is 0.493 e. The Morgan fingerprint density at radius 2 is 1.82 bits per heavy atom. The van der Waals surface area contributed by atoms with Gasteiger partial charge in [-0.05, 0) is 79.8 Å². The molecule has 3 aromatic rings. The summed E-state index contributed by atoms with van der Waals surface area (Å²) in [6.45, 7) is 6.54. The summed E-state index contributed by atoms with van der Waals surface area (Å²) in [6, 6.07) is 19.0. The van der Waals surface area contributed by atoms with E-state index in [2.05, 4.69) is 6.92 Å². The van der Waals surface area contributed by atoms with Crippen molar-refractivity contribution in [2.45, 2.75) is 52.6 Å². The molecule has 0 unspecified atom stereocenters. The lowest BCUT2D eigenvalue weighted by Gasteiger charge is -2.18. The first-order chi connectivity index (χ1) is 16.3. The molecule has 0 aliphatic carbocycles. The summed E-state index contributed by atoms with van der Waals surface area (Å²) >= 11 is 6.19. The lowest BCUT2D eigenvalue weighted by Crippen LogP contribution is -2.16. The Morgan fingerprint density at radius 3 is 2.56 bits per heavy atom. The van der Waals surface area contributed by atoms with E-state index in [1.54, 1.807) is 12.1 Å². The van der Waals surface area contributed by atoms with Crippen molar-refractivity contribution >= 4 is 17.6 Å². The van der Waals surface area contributed by atoms with Gasteiger partial charge < -0.3 is 19.3 Å². The molecule has 34 heavy (non-hydrogen) atoms. The molecule has 0 fully saturated rings. The van der Waals surface area contributed by atoms with Crippen LogP contribution in [0.5, 0.6) is 23.0 Å². The van der Waals surface area contributed by atoms with Gasteiger partial charge in [0.05, 0.1) is 12.7 Å². The van der Waals surface area contributed by atoms with Crippen LogP contribution < -0.4 is 14.2 Å². The van der Waals surface area contributed by atoms with Gasteiger partial charge in [-0.25, -0.2) is 0 Å². The van der Waals surface area contributed by atoms with E-state index in [4.69, 9.17) is 30.9 Å². The zero-order valence-electron chi connectivity index (χ0n) is 19.8. The van der Waals surface area contributed by atoms with Gasteiger partial charge in [0.1, 0.15) is 11.5 Å². The molecule has 0 saturated heterocycles. The number of carbonyl (C=O) groups is 1. The van der Waals surface area contributed by atoms with E-state index in [1.807, 2.05) is 62.4 Å². The topological polar surface area (TPSA) is 65.0 Å². The van der Waals surface area contributed by atoms with Crippen molar-refractivity contribution in [1.82, 2.24) is 0 Å². The number of hydrogen-bond donors (Lipinski definition) is 1. The number of aliphatic carboxylic acids is 1. The summed E-state index contributed by atoms with van der Waals surface area (Å²) in [7, 11) is 0. The fraction of sp³-hybridized carbons (Fsp3) is 0.321. The first-order valence-corrected chi connectivity index (χ1v) is 11.9. The number of ether oxygens (including phenoxy) is 3. The Labute approximate surface area is 206 Å². The Morgan fingerprint density at radius 1 is 1.00 bits per heavy atom. The lowest BCUT2D eigenvalue weighted by atomic mass is 10.0. The van der Waals surface area contributed by atoms with Crippen LogP contribution in [0.25, 0.3) is 0 Å². The second-order valence-corrected chi connectivity index (χ2v) is 8.69. The van der Waals surface area contributed by atoms with E-state index in [9.17, 15) is 4.79 Å².